The van der Waals surface area contributed by atoms with Crippen LogP contribution in [-0.2, 0) is 11.2 Å². The molecule has 0 aliphatic heterocycles. The van der Waals surface area contributed by atoms with Gasteiger partial charge < -0.3 is 9.73 Å². The van der Waals surface area contributed by atoms with Crippen LogP contribution in [0.2, 0.25) is 0 Å². The van der Waals surface area contributed by atoms with Crippen LogP contribution >= 0.6 is 0 Å². The fourth-order valence-corrected chi connectivity index (χ4v) is 2.50. The lowest BCUT2D eigenvalue weighted by atomic mass is 10.1. The number of amides is 1. The van der Waals surface area contributed by atoms with Crippen LogP contribution in [0.3, 0.4) is 0 Å². The number of hydrogen-bond acceptors (Lipinski definition) is 2. The summed E-state index contributed by atoms with van der Waals surface area (Å²) in [5.74, 6) is 0.0144. The third kappa shape index (κ3) is 4.12. The van der Waals surface area contributed by atoms with Gasteiger partial charge in [0.05, 0.1) is 5.56 Å². The van der Waals surface area contributed by atoms with Crippen molar-refractivity contribution in [3.05, 3.63) is 77.6 Å². The molecule has 0 saturated heterocycles. The third-order valence-electron chi connectivity index (χ3n) is 3.87. The van der Waals surface area contributed by atoms with Crippen molar-refractivity contribution < 1.29 is 18.0 Å². The first kappa shape index (κ1) is 16.9. The van der Waals surface area contributed by atoms with Crippen molar-refractivity contribution in [2.75, 3.05) is 5.32 Å². The highest BCUT2D eigenvalue weighted by Crippen LogP contribution is 2.25. The first-order chi connectivity index (χ1) is 12.0. The lowest BCUT2D eigenvalue weighted by molar-refractivity contribution is -0.116. The zero-order valence-electron chi connectivity index (χ0n) is 13.7. The first-order valence-corrected chi connectivity index (χ1v) is 7.92. The monoisotopic (exact) mass is 341 g/mol. The molecule has 3 rings (SSSR count). The number of hydrogen-bond donors (Lipinski definition) is 1. The van der Waals surface area contributed by atoms with Crippen molar-refractivity contribution in [3.8, 4) is 11.3 Å². The molecular weight excluding hydrogens is 324 g/mol. The Morgan fingerprint density at radius 1 is 1.08 bits per heavy atom. The van der Waals surface area contributed by atoms with Crippen LogP contribution in [0.15, 0.2) is 59.0 Å². The number of aryl methyl sites for hydroxylation is 2. The lowest BCUT2D eigenvalue weighted by Gasteiger charge is -2.08. The molecule has 3 nitrogen and oxygen atoms in total. The fraction of sp³-hybridized carbons (Fsp3) is 0.150. The molecule has 1 heterocycles. The van der Waals surface area contributed by atoms with Crippen molar-refractivity contribution in [2.24, 2.45) is 0 Å². The van der Waals surface area contributed by atoms with Gasteiger partial charge in [0, 0.05) is 18.5 Å². The summed E-state index contributed by atoms with van der Waals surface area (Å²) in [6, 6.07) is 14.0. The van der Waals surface area contributed by atoms with Gasteiger partial charge in [-0.1, -0.05) is 18.2 Å². The Labute approximate surface area is 144 Å². The van der Waals surface area contributed by atoms with Gasteiger partial charge in [0.15, 0.2) is 0 Å². The van der Waals surface area contributed by atoms with Crippen LogP contribution < -0.4 is 5.32 Å². The fourth-order valence-electron chi connectivity index (χ4n) is 2.50. The molecule has 2 aromatic carbocycles. The minimum absolute atomic E-state index is 0.181. The predicted molar refractivity (Wildman–Crippen MR) is 92.2 cm³/mol. The van der Waals surface area contributed by atoms with E-state index in [-0.39, 0.29) is 18.1 Å². The molecule has 0 spiro atoms. The largest absolute Gasteiger partial charge is 0.461 e. The summed E-state index contributed by atoms with van der Waals surface area (Å²) >= 11 is 0. The van der Waals surface area contributed by atoms with Gasteiger partial charge in [0.25, 0.3) is 0 Å². The third-order valence-corrected chi connectivity index (χ3v) is 3.87. The van der Waals surface area contributed by atoms with E-state index in [9.17, 15) is 13.6 Å². The Hall–Kier alpha value is -2.95. The maximum absolute atomic E-state index is 13.8. The smallest absolute Gasteiger partial charge is 0.224 e. The van der Waals surface area contributed by atoms with Gasteiger partial charge in [-0.15, -0.1) is 0 Å². The van der Waals surface area contributed by atoms with Gasteiger partial charge >= 0.3 is 0 Å². The number of rotatable bonds is 5. The number of halogens is 2. The van der Waals surface area contributed by atoms with Crippen molar-refractivity contribution in [1.29, 1.82) is 0 Å². The number of carbonyl (C=O) groups is 1. The summed E-state index contributed by atoms with van der Waals surface area (Å²) in [4.78, 5) is 12.0. The molecule has 3 aromatic rings. The summed E-state index contributed by atoms with van der Waals surface area (Å²) < 4.78 is 32.6. The van der Waals surface area contributed by atoms with Crippen molar-refractivity contribution in [1.82, 2.24) is 0 Å². The minimum atomic E-state index is -0.401. The Morgan fingerprint density at radius 3 is 2.68 bits per heavy atom. The second-order valence-corrected chi connectivity index (χ2v) is 5.75. The van der Waals surface area contributed by atoms with Crippen molar-refractivity contribution in [2.45, 2.75) is 19.8 Å². The quantitative estimate of drug-likeness (QED) is 0.701. The number of carbonyl (C=O) groups excluding carboxylic acids is 1. The van der Waals surface area contributed by atoms with E-state index >= 15 is 0 Å². The summed E-state index contributed by atoms with van der Waals surface area (Å²) in [6.07, 6.45) is 0.550. The highest BCUT2D eigenvalue weighted by Gasteiger charge is 2.11. The van der Waals surface area contributed by atoms with E-state index in [0.29, 0.717) is 29.2 Å². The summed E-state index contributed by atoms with van der Waals surface area (Å²) in [5, 5.41) is 2.69. The van der Waals surface area contributed by atoms with E-state index in [2.05, 4.69) is 5.32 Å². The van der Waals surface area contributed by atoms with Gasteiger partial charge in [-0.3, -0.25) is 4.79 Å². The predicted octanol–water partition coefficient (Wildman–Crippen LogP) is 5.10. The van der Waals surface area contributed by atoms with E-state index < -0.39 is 5.82 Å². The molecule has 0 saturated carbocycles. The molecule has 0 atom stereocenters. The molecule has 1 aromatic heterocycles. The normalized spacial score (nSPS) is 10.7. The molecule has 0 bridgehead atoms. The maximum atomic E-state index is 13.8. The number of nitrogens with one attached hydrogen (secondary N) is 1. The van der Waals surface area contributed by atoms with Gasteiger partial charge in [0.1, 0.15) is 23.2 Å². The van der Waals surface area contributed by atoms with Crippen molar-refractivity contribution in [3.63, 3.8) is 0 Å². The zero-order valence-corrected chi connectivity index (χ0v) is 13.7. The first-order valence-electron chi connectivity index (χ1n) is 7.92. The summed E-state index contributed by atoms with van der Waals surface area (Å²) in [7, 11) is 0. The Balaban J connectivity index is 1.61. The summed E-state index contributed by atoms with van der Waals surface area (Å²) in [6.45, 7) is 1.79. The van der Waals surface area contributed by atoms with Gasteiger partial charge in [-0.05, 0) is 48.9 Å². The SMILES string of the molecule is Cc1ccc(F)cc1NC(=O)CCc1ccc(-c2ccccc2F)o1. The molecule has 1 amide bonds. The second kappa shape index (κ2) is 7.30. The van der Waals surface area contributed by atoms with Crippen LogP contribution in [0.5, 0.6) is 0 Å². The molecule has 128 valence electrons. The van der Waals surface area contributed by atoms with Crippen molar-refractivity contribution >= 4 is 11.6 Å². The van der Waals surface area contributed by atoms with E-state index in [0.717, 1.165) is 5.56 Å². The van der Waals surface area contributed by atoms with Gasteiger partial charge in [-0.2, -0.15) is 0 Å². The van der Waals surface area contributed by atoms with E-state index in [1.165, 1.54) is 18.2 Å². The molecule has 0 radical (unpaired) electrons. The molecule has 0 aliphatic carbocycles. The Kier molecular flexibility index (Phi) is 4.93. The number of anilines is 1. The topological polar surface area (TPSA) is 42.2 Å². The molecule has 0 aliphatic rings. The van der Waals surface area contributed by atoms with Gasteiger partial charge in [-0.25, -0.2) is 8.78 Å². The van der Waals surface area contributed by atoms with Crippen LogP contribution in [-0.4, -0.2) is 5.91 Å². The average molecular weight is 341 g/mol. The highest BCUT2D eigenvalue weighted by molar-refractivity contribution is 5.91. The molecule has 25 heavy (non-hydrogen) atoms. The molecular formula is C20H17F2NO2. The minimum Gasteiger partial charge on any atom is -0.461 e. The molecule has 0 fully saturated rings. The van der Waals surface area contributed by atoms with E-state index in [4.69, 9.17) is 4.42 Å². The lowest BCUT2D eigenvalue weighted by Crippen LogP contribution is -2.13. The number of benzene rings is 2. The molecule has 0 unspecified atom stereocenters. The van der Waals surface area contributed by atoms with E-state index in [1.54, 1.807) is 43.3 Å². The average Bonchev–Trinajstić information content (AvgIpc) is 3.05. The summed E-state index contributed by atoms with van der Waals surface area (Å²) in [5.41, 5.74) is 1.62. The van der Waals surface area contributed by atoms with Gasteiger partial charge in [0.2, 0.25) is 5.91 Å². The molecule has 5 heteroatoms. The van der Waals surface area contributed by atoms with Crippen LogP contribution in [0.1, 0.15) is 17.7 Å². The number of furan rings is 1. The van der Waals surface area contributed by atoms with Crippen LogP contribution in [0.4, 0.5) is 14.5 Å². The highest BCUT2D eigenvalue weighted by atomic mass is 19.1. The zero-order chi connectivity index (χ0) is 17.8. The maximum Gasteiger partial charge on any atom is 0.224 e. The van der Waals surface area contributed by atoms with E-state index in [1.807, 2.05) is 0 Å². The van der Waals surface area contributed by atoms with Crippen LogP contribution in [0, 0.1) is 18.6 Å². The second-order valence-electron chi connectivity index (χ2n) is 5.75. The van der Waals surface area contributed by atoms with Crippen LogP contribution in [0.25, 0.3) is 11.3 Å². The standard InChI is InChI=1S/C20H17F2NO2/c1-13-6-7-14(21)12-18(13)23-20(24)11-9-15-8-10-19(25-15)16-4-2-3-5-17(16)22/h2-8,10,12H,9,11H2,1H3,(H,23,24). The molecule has 1 N–H and O–H groups in total. The Bertz CT molecular complexity index is 902. The Morgan fingerprint density at radius 2 is 1.88 bits per heavy atom.